The molecule has 4 nitrogen and oxygen atoms in total. The van der Waals surface area contributed by atoms with Gasteiger partial charge in [-0.2, -0.15) is 11.8 Å². The number of hydrogen-bond acceptors (Lipinski definition) is 4. The number of anilines is 1. The first-order chi connectivity index (χ1) is 12.0. The molecule has 0 bridgehead atoms. The number of benzene rings is 1. The lowest BCUT2D eigenvalue weighted by Gasteiger charge is -2.09. The van der Waals surface area contributed by atoms with Crippen molar-refractivity contribution in [2.24, 2.45) is 0 Å². The normalized spacial score (nSPS) is 12.2. The number of hydrogen-bond donors (Lipinski definition) is 1. The van der Waals surface area contributed by atoms with Gasteiger partial charge >= 0.3 is 0 Å². The Hall–Kier alpha value is -2.05. The molecule has 3 rings (SSSR count). The number of carbonyl (C=O) groups is 1. The summed E-state index contributed by atoms with van der Waals surface area (Å²) in [5, 5.41) is 5.45. The molecule has 1 atom stereocenters. The number of amides is 1. The molecule has 3 aromatic rings. The number of carbonyl (C=O) groups excluding carboxylic acids is 1. The molecule has 0 spiro atoms. The van der Waals surface area contributed by atoms with Crippen LogP contribution in [0.1, 0.15) is 18.3 Å². The minimum absolute atomic E-state index is 0.0110. The van der Waals surface area contributed by atoms with Crippen LogP contribution in [0.4, 0.5) is 5.13 Å². The first kappa shape index (κ1) is 17.8. The minimum atomic E-state index is -0.0875. The number of thioether (sulfide) groups is 1. The van der Waals surface area contributed by atoms with Gasteiger partial charge in [-0.1, -0.05) is 18.2 Å². The van der Waals surface area contributed by atoms with Gasteiger partial charge in [0.1, 0.15) is 0 Å². The monoisotopic (exact) mass is 371 g/mol. The van der Waals surface area contributed by atoms with Gasteiger partial charge < -0.3 is 9.88 Å². The molecule has 1 amide bonds. The third kappa shape index (κ3) is 3.65. The van der Waals surface area contributed by atoms with Gasteiger partial charge in [0.05, 0.1) is 10.9 Å². The zero-order chi connectivity index (χ0) is 18.0. The van der Waals surface area contributed by atoms with Crippen molar-refractivity contribution in [1.82, 2.24) is 9.55 Å². The second-order valence-corrected chi connectivity index (χ2v) is 7.90. The molecule has 0 fully saturated rings. The van der Waals surface area contributed by atoms with E-state index in [9.17, 15) is 4.79 Å². The average molecular weight is 372 g/mol. The molecule has 2 aromatic heterocycles. The standard InChI is InChI=1S/C19H21N3OS2/c1-12-10-16(13(2)22(12)15-8-6-5-7-9-15)17-11-25-19(20-17)21-18(23)14(3)24-4/h5-11,14H,1-4H3,(H,20,21,23). The number of nitrogens with one attached hydrogen (secondary N) is 1. The van der Waals surface area contributed by atoms with Crippen molar-refractivity contribution < 1.29 is 4.79 Å². The zero-order valence-electron chi connectivity index (χ0n) is 14.7. The van der Waals surface area contributed by atoms with Crippen molar-refractivity contribution in [3.05, 3.63) is 53.2 Å². The summed E-state index contributed by atoms with van der Waals surface area (Å²) in [4.78, 5) is 16.6. The van der Waals surface area contributed by atoms with E-state index in [0.717, 1.165) is 28.3 Å². The second kappa shape index (κ2) is 7.45. The van der Waals surface area contributed by atoms with Gasteiger partial charge in [-0.3, -0.25) is 4.79 Å². The first-order valence-electron chi connectivity index (χ1n) is 8.05. The Bertz CT molecular complexity index is 883. The van der Waals surface area contributed by atoms with Crippen LogP contribution in [0.5, 0.6) is 0 Å². The number of thiazole rings is 1. The van der Waals surface area contributed by atoms with Crippen LogP contribution in [0, 0.1) is 13.8 Å². The van der Waals surface area contributed by atoms with E-state index in [2.05, 4.69) is 46.9 Å². The van der Waals surface area contributed by atoms with E-state index in [0.29, 0.717) is 5.13 Å². The van der Waals surface area contributed by atoms with Gasteiger partial charge in [-0.25, -0.2) is 4.98 Å². The largest absolute Gasteiger partial charge is 0.318 e. The van der Waals surface area contributed by atoms with Gasteiger partial charge in [0, 0.05) is 28.0 Å². The summed E-state index contributed by atoms with van der Waals surface area (Å²) in [7, 11) is 0. The van der Waals surface area contributed by atoms with Crippen molar-refractivity contribution in [1.29, 1.82) is 0 Å². The summed E-state index contributed by atoms with van der Waals surface area (Å²) < 4.78 is 2.22. The SMILES string of the molecule is CSC(C)C(=O)Nc1nc(-c2cc(C)n(-c3ccccc3)c2C)cs1. The van der Waals surface area contributed by atoms with Gasteiger partial charge in [-0.15, -0.1) is 11.3 Å². The number of rotatable bonds is 5. The highest BCUT2D eigenvalue weighted by atomic mass is 32.2. The maximum Gasteiger partial charge on any atom is 0.238 e. The summed E-state index contributed by atoms with van der Waals surface area (Å²) in [6.07, 6.45) is 1.93. The van der Waals surface area contributed by atoms with E-state index in [1.165, 1.54) is 23.1 Å². The number of nitrogens with zero attached hydrogens (tertiary/aromatic N) is 2. The van der Waals surface area contributed by atoms with Gasteiger partial charge in [-0.05, 0) is 45.2 Å². The first-order valence-corrected chi connectivity index (χ1v) is 10.2. The average Bonchev–Trinajstić information content (AvgIpc) is 3.19. The molecule has 0 radical (unpaired) electrons. The van der Waals surface area contributed by atoms with Gasteiger partial charge in [0.2, 0.25) is 5.91 Å². The highest BCUT2D eigenvalue weighted by Crippen LogP contribution is 2.31. The van der Waals surface area contributed by atoms with Crippen LogP contribution in [0.15, 0.2) is 41.8 Å². The molecule has 1 unspecified atom stereocenters. The molecule has 6 heteroatoms. The Morgan fingerprint density at radius 2 is 2.00 bits per heavy atom. The Balaban J connectivity index is 1.90. The van der Waals surface area contributed by atoms with E-state index in [1.54, 1.807) is 0 Å². The molecule has 2 heterocycles. The Morgan fingerprint density at radius 1 is 1.28 bits per heavy atom. The fourth-order valence-corrected chi connectivity index (χ4v) is 3.75. The minimum Gasteiger partial charge on any atom is -0.318 e. The summed E-state index contributed by atoms with van der Waals surface area (Å²) in [6.45, 7) is 6.09. The third-order valence-corrected chi connectivity index (χ3v) is 5.86. The summed E-state index contributed by atoms with van der Waals surface area (Å²) in [5.74, 6) is -0.0110. The number of aryl methyl sites for hydroxylation is 1. The molecular formula is C19H21N3OS2. The summed E-state index contributed by atoms with van der Waals surface area (Å²) >= 11 is 2.98. The number of para-hydroxylation sites is 1. The van der Waals surface area contributed by atoms with Crippen molar-refractivity contribution in [2.75, 3.05) is 11.6 Å². The fourth-order valence-electron chi connectivity index (χ4n) is 2.77. The molecule has 0 aliphatic heterocycles. The zero-order valence-corrected chi connectivity index (χ0v) is 16.4. The highest BCUT2D eigenvalue weighted by molar-refractivity contribution is 7.99. The van der Waals surface area contributed by atoms with E-state index < -0.39 is 0 Å². The Morgan fingerprint density at radius 3 is 2.68 bits per heavy atom. The van der Waals surface area contributed by atoms with Crippen molar-refractivity contribution in [3.63, 3.8) is 0 Å². The molecular weight excluding hydrogens is 350 g/mol. The van der Waals surface area contributed by atoms with Crippen LogP contribution in [0.25, 0.3) is 16.9 Å². The lowest BCUT2D eigenvalue weighted by Crippen LogP contribution is -2.21. The third-order valence-electron chi connectivity index (χ3n) is 4.18. The lowest BCUT2D eigenvalue weighted by molar-refractivity contribution is -0.115. The summed E-state index contributed by atoms with van der Waals surface area (Å²) in [6, 6.07) is 12.4. The topological polar surface area (TPSA) is 46.9 Å². The van der Waals surface area contributed by atoms with Crippen molar-refractivity contribution in [2.45, 2.75) is 26.0 Å². The smallest absolute Gasteiger partial charge is 0.238 e. The maximum atomic E-state index is 12.0. The molecule has 130 valence electrons. The quantitative estimate of drug-likeness (QED) is 0.693. The molecule has 0 aliphatic carbocycles. The predicted octanol–water partition coefficient (Wildman–Crippen LogP) is 4.91. The molecule has 0 saturated carbocycles. The highest BCUT2D eigenvalue weighted by Gasteiger charge is 2.17. The predicted molar refractivity (Wildman–Crippen MR) is 108 cm³/mol. The number of aromatic nitrogens is 2. The maximum absolute atomic E-state index is 12.0. The van der Waals surface area contributed by atoms with Crippen LogP contribution >= 0.6 is 23.1 Å². The van der Waals surface area contributed by atoms with Crippen LogP contribution in [-0.4, -0.2) is 27.0 Å². The van der Waals surface area contributed by atoms with Crippen LogP contribution < -0.4 is 5.32 Å². The Kier molecular flexibility index (Phi) is 5.30. The molecule has 0 saturated heterocycles. The Labute approximate surface area is 156 Å². The van der Waals surface area contributed by atoms with E-state index >= 15 is 0 Å². The molecule has 1 aromatic carbocycles. The van der Waals surface area contributed by atoms with E-state index in [4.69, 9.17) is 0 Å². The summed E-state index contributed by atoms with van der Waals surface area (Å²) in [5.41, 5.74) is 5.43. The van der Waals surface area contributed by atoms with Gasteiger partial charge in [0.25, 0.3) is 0 Å². The van der Waals surface area contributed by atoms with Gasteiger partial charge in [0.15, 0.2) is 5.13 Å². The van der Waals surface area contributed by atoms with Crippen molar-refractivity contribution in [3.8, 4) is 16.9 Å². The van der Waals surface area contributed by atoms with Crippen LogP contribution in [0.3, 0.4) is 0 Å². The second-order valence-electron chi connectivity index (χ2n) is 5.86. The van der Waals surface area contributed by atoms with Crippen molar-refractivity contribution >= 4 is 34.1 Å². The molecule has 0 aliphatic rings. The van der Waals surface area contributed by atoms with Crippen LogP contribution in [-0.2, 0) is 4.79 Å². The van der Waals surface area contributed by atoms with E-state index in [1.807, 2.05) is 36.8 Å². The van der Waals surface area contributed by atoms with Crippen LogP contribution in [0.2, 0.25) is 0 Å². The van der Waals surface area contributed by atoms with E-state index in [-0.39, 0.29) is 11.2 Å². The fraction of sp³-hybridized carbons (Fsp3) is 0.263. The molecule has 25 heavy (non-hydrogen) atoms. The molecule has 1 N–H and O–H groups in total. The lowest BCUT2D eigenvalue weighted by atomic mass is 10.2.